The average molecular weight is 290 g/mol. The molecule has 0 spiro atoms. The molecule has 108 valence electrons. The van der Waals surface area contributed by atoms with E-state index in [4.69, 9.17) is 0 Å². The van der Waals surface area contributed by atoms with Gasteiger partial charge >= 0.3 is 0 Å². The Hall–Kier alpha value is -1.20. The molecule has 0 aliphatic carbocycles. The van der Waals surface area contributed by atoms with Crippen molar-refractivity contribution in [3.05, 3.63) is 17.3 Å². The molecular formula is C15H22N4S. The summed E-state index contributed by atoms with van der Waals surface area (Å²) in [6, 6.07) is 1.09. The van der Waals surface area contributed by atoms with Crippen LogP contribution in [0.4, 0.5) is 5.82 Å². The van der Waals surface area contributed by atoms with Gasteiger partial charge in [-0.3, -0.25) is 0 Å². The second-order valence-corrected chi connectivity index (χ2v) is 6.73. The second kappa shape index (κ2) is 5.66. The maximum absolute atomic E-state index is 4.58. The first kappa shape index (κ1) is 13.8. The van der Waals surface area contributed by atoms with Crippen molar-refractivity contribution in [2.75, 3.05) is 18.0 Å². The van der Waals surface area contributed by atoms with Crippen LogP contribution in [0.3, 0.4) is 0 Å². The van der Waals surface area contributed by atoms with Gasteiger partial charge in [-0.1, -0.05) is 13.8 Å². The number of anilines is 1. The third-order valence-electron chi connectivity index (χ3n) is 3.92. The predicted molar refractivity (Wildman–Crippen MR) is 85.7 cm³/mol. The van der Waals surface area contributed by atoms with Crippen LogP contribution in [0, 0.1) is 6.92 Å². The van der Waals surface area contributed by atoms with Crippen molar-refractivity contribution in [3.8, 4) is 0 Å². The van der Waals surface area contributed by atoms with Gasteiger partial charge in [-0.05, 0) is 30.7 Å². The van der Waals surface area contributed by atoms with E-state index >= 15 is 0 Å². The van der Waals surface area contributed by atoms with Crippen LogP contribution < -0.4 is 10.2 Å². The van der Waals surface area contributed by atoms with Gasteiger partial charge in [-0.2, -0.15) is 0 Å². The molecule has 0 amide bonds. The summed E-state index contributed by atoms with van der Waals surface area (Å²) in [6.07, 6.45) is 4.21. The zero-order valence-electron chi connectivity index (χ0n) is 12.4. The molecule has 2 aromatic heterocycles. The number of aryl methyl sites for hydroxylation is 1. The molecule has 20 heavy (non-hydrogen) atoms. The summed E-state index contributed by atoms with van der Waals surface area (Å²) in [5.74, 6) is 1.13. The van der Waals surface area contributed by atoms with Crippen molar-refractivity contribution in [3.63, 3.8) is 0 Å². The van der Waals surface area contributed by atoms with Gasteiger partial charge in [0.1, 0.15) is 12.1 Å². The summed E-state index contributed by atoms with van der Waals surface area (Å²) in [5.41, 5.74) is 2.37. The molecule has 0 radical (unpaired) electrons. The Morgan fingerprint density at radius 1 is 1.45 bits per heavy atom. The third kappa shape index (κ3) is 2.52. The van der Waals surface area contributed by atoms with Crippen LogP contribution in [0.5, 0.6) is 0 Å². The van der Waals surface area contributed by atoms with Crippen molar-refractivity contribution in [1.29, 1.82) is 0 Å². The lowest BCUT2D eigenvalue weighted by molar-refractivity contribution is 0.523. The van der Waals surface area contributed by atoms with Crippen molar-refractivity contribution in [2.45, 2.75) is 45.7 Å². The minimum Gasteiger partial charge on any atom is -0.351 e. The van der Waals surface area contributed by atoms with E-state index in [1.54, 1.807) is 17.7 Å². The van der Waals surface area contributed by atoms with E-state index in [1.165, 1.54) is 23.1 Å². The molecule has 4 nitrogen and oxygen atoms in total. The Morgan fingerprint density at radius 3 is 3.10 bits per heavy atom. The monoisotopic (exact) mass is 290 g/mol. The second-order valence-electron chi connectivity index (χ2n) is 5.85. The first-order chi connectivity index (χ1) is 9.66. The van der Waals surface area contributed by atoms with Gasteiger partial charge in [0.15, 0.2) is 0 Å². The number of rotatable bonds is 4. The Kier molecular flexibility index (Phi) is 3.89. The summed E-state index contributed by atoms with van der Waals surface area (Å²) < 4.78 is 1.24. The summed E-state index contributed by atoms with van der Waals surface area (Å²) in [4.78, 5) is 11.5. The van der Waals surface area contributed by atoms with Crippen molar-refractivity contribution in [2.24, 2.45) is 0 Å². The summed E-state index contributed by atoms with van der Waals surface area (Å²) in [6.45, 7) is 8.66. The molecular weight excluding hydrogens is 268 g/mol. The quantitative estimate of drug-likeness (QED) is 0.940. The zero-order chi connectivity index (χ0) is 14.1. The normalized spacial score (nSPS) is 19.4. The summed E-state index contributed by atoms with van der Waals surface area (Å²) in [7, 11) is 0. The topological polar surface area (TPSA) is 41.0 Å². The summed E-state index contributed by atoms with van der Waals surface area (Å²) >= 11 is 1.77. The molecule has 1 aliphatic rings. The van der Waals surface area contributed by atoms with Crippen LogP contribution in [0.1, 0.15) is 32.3 Å². The van der Waals surface area contributed by atoms with E-state index in [9.17, 15) is 0 Å². The number of hydrogen-bond donors (Lipinski definition) is 1. The predicted octanol–water partition coefficient (Wildman–Crippen LogP) is 2.97. The molecule has 2 aromatic rings. The highest BCUT2D eigenvalue weighted by atomic mass is 32.1. The van der Waals surface area contributed by atoms with Crippen LogP contribution in [0.25, 0.3) is 10.2 Å². The minimum atomic E-state index is 0.534. The molecule has 0 aromatic carbocycles. The smallest absolute Gasteiger partial charge is 0.150 e. The maximum Gasteiger partial charge on any atom is 0.150 e. The Morgan fingerprint density at radius 2 is 2.30 bits per heavy atom. The van der Waals surface area contributed by atoms with E-state index in [0.29, 0.717) is 12.1 Å². The van der Waals surface area contributed by atoms with E-state index in [-0.39, 0.29) is 0 Å². The number of fused-ring (bicyclic) bond motifs is 1. The maximum atomic E-state index is 4.58. The largest absolute Gasteiger partial charge is 0.351 e. The highest BCUT2D eigenvalue weighted by molar-refractivity contribution is 7.18. The Labute approximate surface area is 124 Å². The Bertz CT molecular complexity index is 593. The first-order valence-electron chi connectivity index (χ1n) is 7.35. The lowest BCUT2D eigenvalue weighted by atomic mass is 10.2. The standard InChI is InChI=1S/C15H22N4S/c1-10(2)16-7-12-5-4-6-19(12)15-14-13(17-9-18-15)11(3)8-20-14/h8-10,12,16H,4-7H2,1-3H3. The highest BCUT2D eigenvalue weighted by Gasteiger charge is 2.27. The molecule has 0 bridgehead atoms. The summed E-state index contributed by atoms with van der Waals surface area (Å²) in [5, 5.41) is 5.74. The van der Waals surface area contributed by atoms with Gasteiger partial charge in [0.05, 0.1) is 10.2 Å². The van der Waals surface area contributed by atoms with Crippen LogP contribution in [-0.2, 0) is 0 Å². The number of nitrogens with one attached hydrogen (secondary N) is 1. The fraction of sp³-hybridized carbons (Fsp3) is 0.600. The molecule has 3 rings (SSSR count). The molecule has 1 N–H and O–H groups in total. The van der Waals surface area contributed by atoms with E-state index in [0.717, 1.165) is 24.4 Å². The first-order valence-corrected chi connectivity index (χ1v) is 8.23. The van der Waals surface area contributed by atoms with Gasteiger partial charge in [0.25, 0.3) is 0 Å². The fourth-order valence-electron chi connectivity index (χ4n) is 2.86. The fourth-order valence-corrected chi connectivity index (χ4v) is 3.87. The molecule has 5 heteroatoms. The van der Waals surface area contributed by atoms with Gasteiger partial charge in [-0.25, -0.2) is 9.97 Å². The average Bonchev–Trinajstić information content (AvgIpc) is 3.03. The molecule has 0 saturated carbocycles. The Balaban J connectivity index is 1.89. The molecule has 1 unspecified atom stereocenters. The van der Waals surface area contributed by atoms with Gasteiger partial charge < -0.3 is 10.2 Å². The molecule has 3 heterocycles. The van der Waals surface area contributed by atoms with E-state index in [2.05, 4.69) is 46.3 Å². The zero-order valence-corrected chi connectivity index (χ0v) is 13.2. The molecule has 1 aliphatic heterocycles. The third-order valence-corrected chi connectivity index (χ3v) is 5.01. The number of aromatic nitrogens is 2. The van der Waals surface area contributed by atoms with Gasteiger partial charge in [0, 0.05) is 25.2 Å². The van der Waals surface area contributed by atoms with E-state index < -0.39 is 0 Å². The highest BCUT2D eigenvalue weighted by Crippen LogP contribution is 2.34. The number of hydrogen-bond acceptors (Lipinski definition) is 5. The SMILES string of the molecule is Cc1csc2c(N3CCCC3CNC(C)C)ncnc12. The van der Waals surface area contributed by atoms with Gasteiger partial charge in [-0.15, -0.1) is 11.3 Å². The van der Waals surface area contributed by atoms with Crippen LogP contribution in [-0.4, -0.2) is 35.1 Å². The van der Waals surface area contributed by atoms with Crippen LogP contribution in [0.15, 0.2) is 11.7 Å². The number of thiophene rings is 1. The van der Waals surface area contributed by atoms with Crippen molar-refractivity contribution < 1.29 is 0 Å². The minimum absolute atomic E-state index is 0.534. The van der Waals surface area contributed by atoms with E-state index in [1.807, 2.05) is 0 Å². The van der Waals surface area contributed by atoms with Crippen molar-refractivity contribution >= 4 is 27.4 Å². The van der Waals surface area contributed by atoms with Crippen LogP contribution in [0.2, 0.25) is 0 Å². The molecule has 1 fully saturated rings. The lowest BCUT2D eigenvalue weighted by Crippen LogP contribution is -2.40. The lowest BCUT2D eigenvalue weighted by Gasteiger charge is -2.27. The molecule has 1 atom stereocenters. The van der Waals surface area contributed by atoms with Crippen molar-refractivity contribution in [1.82, 2.24) is 15.3 Å². The van der Waals surface area contributed by atoms with Gasteiger partial charge in [0.2, 0.25) is 0 Å². The molecule has 1 saturated heterocycles. The number of nitrogens with zero attached hydrogens (tertiary/aromatic N) is 3. The van der Waals surface area contributed by atoms with Crippen LogP contribution >= 0.6 is 11.3 Å².